The topological polar surface area (TPSA) is 57.5 Å². The number of carboxylic acid groups (broad SMARTS) is 1. The molecule has 0 aliphatic heterocycles. The highest BCUT2D eigenvalue weighted by Gasteiger charge is 2.33. The highest BCUT2D eigenvalue weighted by atomic mass is 16.4. The van der Waals surface area contributed by atoms with E-state index in [1.165, 1.54) is 44.9 Å². The van der Waals surface area contributed by atoms with Gasteiger partial charge in [0.05, 0.1) is 27.6 Å². The summed E-state index contributed by atoms with van der Waals surface area (Å²) in [6, 6.07) is 0. The molecule has 0 aliphatic carbocycles. The van der Waals surface area contributed by atoms with Crippen molar-refractivity contribution in [2.24, 2.45) is 0 Å². The van der Waals surface area contributed by atoms with Gasteiger partial charge in [-0.2, -0.15) is 0 Å². The lowest BCUT2D eigenvalue weighted by Gasteiger charge is -2.32. The molecule has 0 saturated heterocycles. The molecule has 0 amide bonds. The lowest BCUT2D eigenvalue weighted by Crippen LogP contribution is -2.49. The van der Waals surface area contributed by atoms with Gasteiger partial charge in [-0.1, -0.05) is 64.0 Å². The van der Waals surface area contributed by atoms with Crippen LogP contribution in [0.25, 0.3) is 0 Å². The molecule has 0 heterocycles. The summed E-state index contributed by atoms with van der Waals surface area (Å²) in [4.78, 5) is 11.0. The number of quaternary nitrogens is 1. The molecule has 4 nitrogen and oxygen atoms in total. The first-order valence-corrected chi connectivity index (χ1v) is 9.11. The Morgan fingerprint density at radius 2 is 1.52 bits per heavy atom. The average Bonchev–Trinajstić information content (AvgIpc) is 2.37. The highest BCUT2D eigenvalue weighted by molar-refractivity contribution is 5.68. The molecule has 0 aliphatic rings. The summed E-state index contributed by atoms with van der Waals surface area (Å²) in [5, 5.41) is 19.6. The Morgan fingerprint density at radius 1 is 1.00 bits per heavy atom. The monoisotopic (exact) mass is 328 g/mol. The molecule has 1 atom stereocenters. The van der Waals surface area contributed by atoms with Gasteiger partial charge < -0.3 is 14.7 Å². The molecule has 0 spiro atoms. The van der Waals surface area contributed by atoms with E-state index in [-0.39, 0.29) is 6.42 Å². The van der Waals surface area contributed by atoms with E-state index in [0.29, 0.717) is 11.0 Å². The number of hydrogen-bond acceptors (Lipinski definition) is 2. The minimum atomic E-state index is -1.26. The van der Waals surface area contributed by atoms with Crippen LogP contribution in [-0.4, -0.2) is 54.0 Å². The van der Waals surface area contributed by atoms with Crippen LogP contribution < -0.4 is 0 Å². The normalized spacial score (nSPS) is 15.0. The van der Waals surface area contributed by atoms with Crippen molar-refractivity contribution in [1.82, 2.24) is 0 Å². The van der Waals surface area contributed by atoms with E-state index < -0.39 is 11.6 Å². The molecule has 0 bridgehead atoms. The van der Waals surface area contributed by atoms with Crippen LogP contribution in [0.2, 0.25) is 0 Å². The van der Waals surface area contributed by atoms with Gasteiger partial charge in [-0.15, -0.1) is 0 Å². The largest absolute Gasteiger partial charge is 0.481 e. The predicted octanol–water partition coefficient (Wildman–Crippen LogP) is 3.99. The Morgan fingerprint density at radius 3 is 2.00 bits per heavy atom. The summed E-state index contributed by atoms with van der Waals surface area (Å²) >= 11 is 0. The average molecular weight is 329 g/mol. The summed E-state index contributed by atoms with van der Waals surface area (Å²) in [7, 11) is 5.87. The lowest BCUT2D eigenvalue weighted by atomic mass is 9.97. The standard InChI is InChI=1S/C19H37NO3/c1-5-6-7-8-9-10-11-12-13-14-15-19(23,16-18(21)22)17-20(2,3)4/h14-15,23H,5-13,16-17H2,1-4H3/p+1. The molecular formula is C19H38NO3+. The Hall–Kier alpha value is -0.870. The van der Waals surface area contributed by atoms with Crippen LogP contribution in [0.1, 0.15) is 71.1 Å². The number of hydrogen-bond donors (Lipinski definition) is 2. The van der Waals surface area contributed by atoms with Crippen molar-refractivity contribution < 1.29 is 19.5 Å². The second kappa shape index (κ2) is 11.6. The van der Waals surface area contributed by atoms with E-state index in [4.69, 9.17) is 5.11 Å². The van der Waals surface area contributed by atoms with Crippen LogP contribution in [0.15, 0.2) is 12.2 Å². The first-order chi connectivity index (χ1) is 10.7. The molecule has 0 aromatic heterocycles. The number of carboxylic acids is 1. The van der Waals surface area contributed by atoms with E-state index in [0.717, 1.165) is 12.8 Å². The smallest absolute Gasteiger partial charge is 0.306 e. The van der Waals surface area contributed by atoms with Crippen molar-refractivity contribution >= 4 is 5.97 Å². The number of aliphatic carboxylic acids is 1. The molecule has 0 radical (unpaired) electrons. The minimum absolute atomic E-state index is 0.240. The van der Waals surface area contributed by atoms with Gasteiger partial charge >= 0.3 is 5.97 Å². The zero-order chi connectivity index (χ0) is 17.8. The molecule has 1 unspecified atom stereocenters. The Bertz CT molecular complexity index is 347. The van der Waals surface area contributed by atoms with Crippen LogP contribution in [-0.2, 0) is 4.79 Å². The van der Waals surface area contributed by atoms with Gasteiger partial charge in [-0.25, -0.2) is 0 Å². The number of allylic oxidation sites excluding steroid dienone is 1. The summed E-state index contributed by atoms with van der Waals surface area (Å²) in [6.45, 7) is 2.63. The van der Waals surface area contributed by atoms with Crippen LogP contribution in [0.5, 0.6) is 0 Å². The van der Waals surface area contributed by atoms with Crippen molar-refractivity contribution in [3.05, 3.63) is 12.2 Å². The van der Waals surface area contributed by atoms with Crippen molar-refractivity contribution in [2.45, 2.75) is 76.7 Å². The number of rotatable bonds is 14. The lowest BCUT2D eigenvalue weighted by molar-refractivity contribution is -0.876. The molecule has 0 aromatic rings. The molecule has 2 N–H and O–H groups in total. The molecule has 0 saturated carbocycles. The second-order valence-corrected chi connectivity index (χ2v) is 7.79. The van der Waals surface area contributed by atoms with Crippen LogP contribution in [0.4, 0.5) is 0 Å². The van der Waals surface area contributed by atoms with E-state index in [2.05, 4.69) is 6.92 Å². The third kappa shape index (κ3) is 14.5. The van der Waals surface area contributed by atoms with E-state index in [1.807, 2.05) is 27.2 Å². The van der Waals surface area contributed by atoms with Gasteiger partial charge in [0.1, 0.15) is 12.1 Å². The molecular weight excluding hydrogens is 290 g/mol. The van der Waals surface area contributed by atoms with E-state index >= 15 is 0 Å². The summed E-state index contributed by atoms with van der Waals surface area (Å²) in [5.41, 5.74) is -1.26. The zero-order valence-electron chi connectivity index (χ0n) is 15.7. The fourth-order valence-electron chi connectivity index (χ4n) is 2.95. The summed E-state index contributed by atoms with van der Waals surface area (Å²) in [5.74, 6) is -0.960. The molecule has 0 fully saturated rings. The van der Waals surface area contributed by atoms with Crippen LogP contribution >= 0.6 is 0 Å². The number of carbonyl (C=O) groups is 1. The number of aliphatic hydroxyl groups is 1. The maximum absolute atomic E-state index is 11.0. The van der Waals surface area contributed by atoms with E-state index in [9.17, 15) is 9.90 Å². The van der Waals surface area contributed by atoms with Gasteiger partial charge in [-0.05, 0) is 12.8 Å². The fraction of sp³-hybridized carbons (Fsp3) is 0.842. The highest BCUT2D eigenvalue weighted by Crippen LogP contribution is 2.17. The van der Waals surface area contributed by atoms with Crippen LogP contribution in [0, 0.1) is 0 Å². The molecule has 0 aromatic carbocycles. The SMILES string of the molecule is CCCCCCCCCCC=CC(O)(CC(=O)O)C[N+](C)(C)C. The zero-order valence-corrected chi connectivity index (χ0v) is 15.7. The van der Waals surface area contributed by atoms with Crippen molar-refractivity contribution in [2.75, 3.05) is 27.7 Å². The summed E-state index contributed by atoms with van der Waals surface area (Å²) < 4.78 is 0.534. The molecule has 136 valence electrons. The van der Waals surface area contributed by atoms with Gasteiger partial charge in [0.2, 0.25) is 0 Å². The Labute approximate surface area is 142 Å². The third-order valence-electron chi connectivity index (χ3n) is 3.86. The van der Waals surface area contributed by atoms with Gasteiger partial charge in [0.25, 0.3) is 0 Å². The number of unbranched alkanes of at least 4 members (excludes halogenated alkanes) is 8. The fourth-order valence-corrected chi connectivity index (χ4v) is 2.95. The number of likely N-dealkylation sites (N-methyl/N-ethyl adjacent to an activating group) is 1. The van der Waals surface area contributed by atoms with Crippen molar-refractivity contribution in [3.8, 4) is 0 Å². The first kappa shape index (κ1) is 22.1. The Kier molecular flexibility index (Phi) is 11.2. The number of nitrogens with zero attached hydrogens (tertiary/aromatic N) is 1. The minimum Gasteiger partial charge on any atom is -0.481 e. The third-order valence-corrected chi connectivity index (χ3v) is 3.86. The van der Waals surface area contributed by atoms with Gasteiger partial charge in [0, 0.05) is 0 Å². The quantitative estimate of drug-likeness (QED) is 0.288. The Balaban J connectivity index is 4.04. The molecule has 0 rings (SSSR count). The van der Waals surface area contributed by atoms with Gasteiger partial charge in [0.15, 0.2) is 0 Å². The summed E-state index contributed by atoms with van der Waals surface area (Å²) in [6.07, 6.45) is 14.6. The first-order valence-electron chi connectivity index (χ1n) is 9.11. The second-order valence-electron chi connectivity index (χ2n) is 7.79. The molecule has 23 heavy (non-hydrogen) atoms. The van der Waals surface area contributed by atoms with Crippen molar-refractivity contribution in [3.63, 3.8) is 0 Å². The molecule has 4 heteroatoms. The van der Waals surface area contributed by atoms with Gasteiger partial charge in [-0.3, -0.25) is 4.79 Å². The maximum atomic E-state index is 11.0. The van der Waals surface area contributed by atoms with Crippen molar-refractivity contribution in [1.29, 1.82) is 0 Å². The van der Waals surface area contributed by atoms with Crippen LogP contribution in [0.3, 0.4) is 0 Å². The maximum Gasteiger partial charge on any atom is 0.306 e. The van der Waals surface area contributed by atoms with E-state index in [1.54, 1.807) is 6.08 Å². The predicted molar refractivity (Wildman–Crippen MR) is 96.5 cm³/mol.